The normalized spacial score (nSPS) is 27.1. The van der Waals surface area contributed by atoms with E-state index in [2.05, 4.69) is 26.8 Å². The zero-order chi connectivity index (χ0) is 16.1. The average Bonchev–Trinajstić information content (AvgIpc) is 3.08. The van der Waals surface area contributed by atoms with Crippen LogP contribution in [0.25, 0.3) is 11.0 Å². The Balaban J connectivity index is 1.72. The number of H-pyrrole nitrogens is 1. The molecule has 0 aliphatic carbocycles. The van der Waals surface area contributed by atoms with Gasteiger partial charge in [-0.25, -0.2) is 18.4 Å². The highest BCUT2D eigenvalue weighted by atomic mass is 32.2. The molecule has 2 saturated heterocycles. The fourth-order valence-corrected chi connectivity index (χ4v) is 6.42. The Bertz CT molecular complexity index is 845. The van der Waals surface area contributed by atoms with Crippen molar-refractivity contribution in [3.63, 3.8) is 0 Å². The summed E-state index contributed by atoms with van der Waals surface area (Å²) in [6, 6.07) is 0. The molecule has 4 heterocycles. The molecular formula is C16H22N4O2S. The van der Waals surface area contributed by atoms with Gasteiger partial charge in [0.05, 0.1) is 16.9 Å². The summed E-state index contributed by atoms with van der Waals surface area (Å²) in [5, 5.41) is 1.09. The summed E-state index contributed by atoms with van der Waals surface area (Å²) in [6.45, 7) is 3.84. The first-order valence-corrected chi connectivity index (χ1v) is 10.1. The number of nitrogens with one attached hydrogen (secondary N) is 1. The molecule has 0 amide bonds. The third kappa shape index (κ3) is 2.51. The van der Waals surface area contributed by atoms with Crippen molar-refractivity contribution in [2.75, 3.05) is 29.5 Å². The second-order valence-electron chi connectivity index (χ2n) is 6.96. The van der Waals surface area contributed by atoms with Crippen molar-refractivity contribution >= 4 is 26.7 Å². The van der Waals surface area contributed by atoms with Gasteiger partial charge in [-0.15, -0.1) is 0 Å². The number of aromatic amines is 1. The molecule has 23 heavy (non-hydrogen) atoms. The summed E-state index contributed by atoms with van der Waals surface area (Å²) in [6.07, 6.45) is 7.34. The van der Waals surface area contributed by atoms with Gasteiger partial charge in [-0.1, -0.05) is 6.92 Å². The van der Waals surface area contributed by atoms with Crippen LogP contribution in [0.5, 0.6) is 0 Å². The van der Waals surface area contributed by atoms with Gasteiger partial charge in [0.1, 0.15) is 17.8 Å². The highest BCUT2D eigenvalue weighted by Gasteiger charge is 2.45. The highest BCUT2D eigenvalue weighted by molar-refractivity contribution is 7.91. The minimum absolute atomic E-state index is 0.0863. The van der Waals surface area contributed by atoms with E-state index in [1.807, 2.05) is 6.20 Å². The molecule has 1 unspecified atom stereocenters. The van der Waals surface area contributed by atoms with Gasteiger partial charge >= 0.3 is 0 Å². The maximum atomic E-state index is 12.0. The Morgan fingerprint density at radius 3 is 2.96 bits per heavy atom. The highest BCUT2D eigenvalue weighted by Crippen LogP contribution is 2.42. The van der Waals surface area contributed by atoms with Gasteiger partial charge in [-0.05, 0) is 31.2 Å². The van der Waals surface area contributed by atoms with E-state index in [-0.39, 0.29) is 5.41 Å². The third-order valence-electron chi connectivity index (χ3n) is 5.34. The van der Waals surface area contributed by atoms with Crippen LogP contribution < -0.4 is 4.90 Å². The molecule has 1 atom stereocenters. The molecule has 0 radical (unpaired) electrons. The number of aryl methyl sites for hydroxylation is 1. The number of hydrogen-bond acceptors (Lipinski definition) is 5. The van der Waals surface area contributed by atoms with E-state index in [4.69, 9.17) is 0 Å². The molecule has 7 heteroatoms. The molecule has 2 aliphatic rings. The second-order valence-corrected chi connectivity index (χ2v) is 9.14. The Kier molecular flexibility index (Phi) is 3.37. The smallest absolute Gasteiger partial charge is 0.150 e. The molecule has 2 fully saturated rings. The first-order chi connectivity index (χ1) is 11.0. The minimum Gasteiger partial charge on any atom is -0.355 e. The summed E-state index contributed by atoms with van der Waals surface area (Å²) in [7, 11) is -2.87. The Morgan fingerprint density at radius 1 is 1.35 bits per heavy atom. The number of hydrogen-bond donors (Lipinski definition) is 1. The number of piperidine rings is 1. The van der Waals surface area contributed by atoms with Crippen LogP contribution in [-0.2, 0) is 16.3 Å². The summed E-state index contributed by atoms with van der Waals surface area (Å²) >= 11 is 0. The zero-order valence-corrected chi connectivity index (χ0v) is 14.2. The largest absolute Gasteiger partial charge is 0.355 e. The summed E-state index contributed by atoms with van der Waals surface area (Å²) in [5.74, 6) is 1.62. The van der Waals surface area contributed by atoms with Crippen molar-refractivity contribution in [1.29, 1.82) is 0 Å². The molecular weight excluding hydrogens is 312 g/mol. The summed E-state index contributed by atoms with van der Waals surface area (Å²) in [4.78, 5) is 14.4. The number of rotatable bonds is 2. The van der Waals surface area contributed by atoms with E-state index in [1.54, 1.807) is 6.33 Å². The van der Waals surface area contributed by atoms with Crippen LogP contribution in [0.3, 0.4) is 0 Å². The van der Waals surface area contributed by atoms with Gasteiger partial charge in [0.25, 0.3) is 0 Å². The van der Waals surface area contributed by atoms with Gasteiger partial charge in [0.2, 0.25) is 0 Å². The molecule has 0 bridgehead atoms. The van der Waals surface area contributed by atoms with E-state index in [9.17, 15) is 8.42 Å². The van der Waals surface area contributed by atoms with Crippen LogP contribution in [-0.4, -0.2) is 48.0 Å². The van der Waals surface area contributed by atoms with Gasteiger partial charge < -0.3 is 9.88 Å². The Labute approximate surface area is 136 Å². The number of aromatic nitrogens is 3. The quantitative estimate of drug-likeness (QED) is 0.908. The second kappa shape index (κ2) is 5.19. The van der Waals surface area contributed by atoms with Crippen LogP contribution >= 0.6 is 0 Å². The van der Waals surface area contributed by atoms with E-state index in [0.29, 0.717) is 11.5 Å². The lowest BCUT2D eigenvalue weighted by molar-refractivity contribution is 0.269. The van der Waals surface area contributed by atoms with E-state index in [0.717, 1.165) is 55.6 Å². The fourth-order valence-electron chi connectivity index (χ4n) is 4.22. The standard InChI is InChI=1S/C16H22N4O2S/c1-2-12-8-17-14-13(12)15(19-11-18-14)20-6-3-4-16(9-20)5-7-23(21,22)10-16/h8,11H,2-7,9-10H2,1H3,(H,17,18,19). The Morgan fingerprint density at radius 2 is 2.22 bits per heavy atom. The van der Waals surface area contributed by atoms with Gasteiger partial charge in [-0.3, -0.25) is 0 Å². The van der Waals surface area contributed by atoms with Crippen molar-refractivity contribution in [2.45, 2.75) is 32.6 Å². The molecule has 1 N–H and O–H groups in total. The third-order valence-corrected chi connectivity index (χ3v) is 7.22. The van der Waals surface area contributed by atoms with Crippen molar-refractivity contribution < 1.29 is 8.42 Å². The molecule has 0 aromatic carbocycles. The number of anilines is 1. The van der Waals surface area contributed by atoms with Crippen molar-refractivity contribution in [2.24, 2.45) is 5.41 Å². The average molecular weight is 334 g/mol. The molecule has 2 aliphatic heterocycles. The molecule has 2 aromatic heterocycles. The number of sulfone groups is 1. The van der Waals surface area contributed by atoms with E-state index < -0.39 is 9.84 Å². The van der Waals surface area contributed by atoms with Crippen molar-refractivity contribution in [1.82, 2.24) is 15.0 Å². The van der Waals surface area contributed by atoms with Gasteiger partial charge in [0, 0.05) is 24.7 Å². The predicted octanol–water partition coefficient (Wildman–Crippen LogP) is 1.93. The maximum absolute atomic E-state index is 12.0. The lowest BCUT2D eigenvalue weighted by Gasteiger charge is -2.40. The van der Waals surface area contributed by atoms with Crippen LogP contribution in [0.1, 0.15) is 31.7 Å². The van der Waals surface area contributed by atoms with Crippen LogP contribution in [0.15, 0.2) is 12.5 Å². The fraction of sp³-hybridized carbons (Fsp3) is 0.625. The van der Waals surface area contributed by atoms with Crippen molar-refractivity contribution in [3.8, 4) is 0 Å². The van der Waals surface area contributed by atoms with Crippen LogP contribution in [0.2, 0.25) is 0 Å². The zero-order valence-electron chi connectivity index (χ0n) is 13.4. The van der Waals surface area contributed by atoms with Crippen LogP contribution in [0.4, 0.5) is 5.82 Å². The molecule has 124 valence electrons. The lowest BCUT2D eigenvalue weighted by atomic mass is 9.79. The predicted molar refractivity (Wildman–Crippen MR) is 90.4 cm³/mol. The van der Waals surface area contributed by atoms with E-state index >= 15 is 0 Å². The lowest BCUT2D eigenvalue weighted by Crippen LogP contribution is -2.44. The first kappa shape index (κ1) is 14.9. The molecule has 1 spiro atoms. The topological polar surface area (TPSA) is 79.0 Å². The molecule has 2 aromatic rings. The molecule has 4 rings (SSSR count). The SMILES string of the molecule is CCc1c[nH]c2ncnc(N3CCCC4(CCS(=O)(=O)C4)C3)c12. The molecule has 0 saturated carbocycles. The number of fused-ring (bicyclic) bond motifs is 1. The van der Waals surface area contributed by atoms with E-state index in [1.165, 1.54) is 5.56 Å². The monoisotopic (exact) mass is 334 g/mol. The Hall–Kier alpha value is -1.63. The van der Waals surface area contributed by atoms with Crippen molar-refractivity contribution in [3.05, 3.63) is 18.1 Å². The van der Waals surface area contributed by atoms with Crippen LogP contribution in [0, 0.1) is 5.41 Å². The first-order valence-electron chi connectivity index (χ1n) is 8.28. The molecule has 6 nitrogen and oxygen atoms in total. The summed E-state index contributed by atoms with van der Waals surface area (Å²) in [5.41, 5.74) is 2.00. The number of nitrogens with zero attached hydrogens (tertiary/aromatic N) is 3. The minimum atomic E-state index is -2.87. The maximum Gasteiger partial charge on any atom is 0.150 e. The van der Waals surface area contributed by atoms with Gasteiger partial charge in [-0.2, -0.15) is 0 Å². The summed E-state index contributed by atoms with van der Waals surface area (Å²) < 4.78 is 23.9. The van der Waals surface area contributed by atoms with Gasteiger partial charge in [0.15, 0.2) is 9.84 Å².